The largest absolute Gasteiger partial charge is 0.384 e. The molecular weight excluding hydrogens is 274 g/mol. The average molecular weight is 293 g/mol. The van der Waals surface area contributed by atoms with Gasteiger partial charge in [-0.15, -0.1) is 0 Å². The number of nitrogens with one attached hydrogen (secondary N) is 1. The predicted molar refractivity (Wildman–Crippen MR) is 81.0 cm³/mol. The van der Waals surface area contributed by atoms with Crippen LogP contribution in [0.4, 0.5) is 0 Å². The summed E-state index contributed by atoms with van der Waals surface area (Å²) >= 11 is 0. The Balaban J connectivity index is 2.96. The van der Waals surface area contributed by atoms with E-state index in [4.69, 9.17) is 5.11 Å². The molecule has 0 aromatic heterocycles. The van der Waals surface area contributed by atoms with Crippen LogP contribution in [0.25, 0.3) is 0 Å². The van der Waals surface area contributed by atoms with Gasteiger partial charge in [0.1, 0.15) is 6.61 Å². The maximum absolute atomic E-state index is 12.2. The van der Waals surface area contributed by atoms with Crippen molar-refractivity contribution in [3.8, 4) is 11.8 Å². The van der Waals surface area contributed by atoms with E-state index in [-0.39, 0.29) is 18.6 Å². The maximum Gasteiger partial charge on any atom is 0.252 e. The number of rotatable bonds is 4. The molecule has 1 aromatic carbocycles. The lowest BCUT2D eigenvalue weighted by Crippen LogP contribution is -2.36. The van der Waals surface area contributed by atoms with Gasteiger partial charge in [-0.1, -0.05) is 23.5 Å². The Kier molecular flexibility index (Phi) is 6.43. The van der Waals surface area contributed by atoms with E-state index in [9.17, 15) is 9.00 Å². The highest BCUT2D eigenvalue weighted by molar-refractivity contribution is 7.84. The third-order valence-electron chi connectivity index (χ3n) is 2.58. The summed E-state index contributed by atoms with van der Waals surface area (Å²) in [6.07, 6.45) is 1.60. The molecule has 0 saturated carbocycles. The Bertz CT molecular complexity index is 572. The molecule has 5 heteroatoms. The fourth-order valence-corrected chi connectivity index (χ4v) is 2.57. The molecule has 1 aromatic rings. The summed E-state index contributed by atoms with van der Waals surface area (Å²) in [6.45, 7) is 3.46. The molecule has 0 bridgehead atoms. The second-order valence-electron chi connectivity index (χ2n) is 4.62. The first kappa shape index (κ1) is 16.4. The molecule has 1 amide bonds. The van der Waals surface area contributed by atoms with Gasteiger partial charge in [-0.2, -0.15) is 0 Å². The van der Waals surface area contributed by atoms with Crippen molar-refractivity contribution in [1.82, 2.24) is 5.32 Å². The molecule has 0 aliphatic carbocycles. The quantitative estimate of drug-likeness (QED) is 0.808. The van der Waals surface area contributed by atoms with Gasteiger partial charge in [-0.3, -0.25) is 9.00 Å². The Labute approximate surface area is 122 Å². The highest BCUT2D eigenvalue weighted by atomic mass is 32.2. The topological polar surface area (TPSA) is 66.4 Å². The van der Waals surface area contributed by atoms with Gasteiger partial charge in [-0.25, -0.2) is 0 Å². The number of aryl methyl sites for hydroxylation is 1. The van der Waals surface area contributed by atoms with Gasteiger partial charge in [0.25, 0.3) is 5.91 Å². The summed E-state index contributed by atoms with van der Waals surface area (Å²) in [4.78, 5) is 12.2. The molecule has 20 heavy (non-hydrogen) atoms. The van der Waals surface area contributed by atoms with Crippen LogP contribution in [-0.2, 0) is 10.8 Å². The Morgan fingerprint density at radius 2 is 2.20 bits per heavy atom. The predicted octanol–water partition coefficient (Wildman–Crippen LogP) is 0.836. The van der Waals surface area contributed by atoms with Crippen molar-refractivity contribution in [1.29, 1.82) is 0 Å². The number of benzene rings is 1. The highest BCUT2D eigenvalue weighted by Crippen LogP contribution is 2.11. The molecule has 0 heterocycles. The first-order valence-electron chi connectivity index (χ1n) is 6.25. The van der Waals surface area contributed by atoms with E-state index >= 15 is 0 Å². The number of carbonyl (C=O) groups is 1. The average Bonchev–Trinajstić information content (AvgIpc) is 2.36. The van der Waals surface area contributed by atoms with Crippen LogP contribution in [0.5, 0.6) is 0 Å². The molecule has 0 saturated heterocycles. The first-order valence-corrected chi connectivity index (χ1v) is 7.98. The lowest BCUT2D eigenvalue weighted by atomic mass is 10.0. The Morgan fingerprint density at radius 3 is 2.80 bits per heavy atom. The second-order valence-corrected chi connectivity index (χ2v) is 6.10. The van der Waals surface area contributed by atoms with Crippen LogP contribution in [0, 0.1) is 18.8 Å². The van der Waals surface area contributed by atoms with Crippen LogP contribution in [0.2, 0.25) is 0 Å². The summed E-state index contributed by atoms with van der Waals surface area (Å²) in [5.74, 6) is 5.48. The van der Waals surface area contributed by atoms with Crippen molar-refractivity contribution < 1.29 is 14.1 Å². The van der Waals surface area contributed by atoms with E-state index in [0.29, 0.717) is 16.9 Å². The number of aliphatic hydroxyl groups excluding tert-OH is 1. The monoisotopic (exact) mass is 293 g/mol. The summed E-state index contributed by atoms with van der Waals surface area (Å²) in [7, 11) is -0.959. The normalized spacial score (nSPS) is 13.0. The fourth-order valence-electron chi connectivity index (χ4n) is 1.78. The van der Waals surface area contributed by atoms with Crippen LogP contribution in [-0.4, -0.2) is 39.9 Å². The van der Waals surface area contributed by atoms with Crippen molar-refractivity contribution in [2.24, 2.45) is 0 Å². The molecule has 2 unspecified atom stereocenters. The molecular formula is C15H19NO3S. The van der Waals surface area contributed by atoms with E-state index in [1.54, 1.807) is 18.4 Å². The third-order valence-corrected chi connectivity index (χ3v) is 3.55. The van der Waals surface area contributed by atoms with Gasteiger partial charge in [0.05, 0.1) is 5.56 Å². The van der Waals surface area contributed by atoms with E-state index in [2.05, 4.69) is 17.2 Å². The summed E-state index contributed by atoms with van der Waals surface area (Å²) in [5, 5.41) is 11.6. The molecule has 2 atom stereocenters. The first-order chi connectivity index (χ1) is 9.43. The number of hydrogen-bond donors (Lipinski definition) is 2. The smallest absolute Gasteiger partial charge is 0.252 e. The van der Waals surface area contributed by atoms with E-state index in [1.165, 1.54) is 0 Å². The standard InChI is InChI=1S/C15H19NO3S/c1-11-6-7-13(5-4-8-17)14(9-11)15(18)16-12(2)10-20(3)19/h6-7,9,12,17H,8,10H2,1-3H3,(H,16,18). The van der Waals surface area contributed by atoms with Gasteiger partial charge >= 0.3 is 0 Å². The number of carbonyl (C=O) groups excluding carboxylic acids is 1. The van der Waals surface area contributed by atoms with Gasteiger partial charge in [0, 0.05) is 34.4 Å². The van der Waals surface area contributed by atoms with E-state index < -0.39 is 10.8 Å². The SMILES string of the molecule is Cc1ccc(C#CCO)c(C(=O)NC(C)CS(C)=O)c1. The minimum absolute atomic E-state index is 0.174. The fraction of sp³-hybridized carbons (Fsp3) is 0.400. The van der Waals surface area contributed by atoms with E-state index in [1.807, 2.05) is 19.9 Å². The van der Waals surface area contributed by atoms with Crippen LogP contribution in [0.3, 0.4) is 0 Å². The second kappa shape index (κ2) is 7.83. The zero-order chi connectivity index (χ0) is 15.1. The molecule has 0 aliphatic rings. The van der Waals surface area contributed by atoms with Crippen molar-refractivity contribution in [2.45, 2.75) is 19.9 Å². The highest BCUT2D eigenvalue weighted by Gasteiger charge is 2.14. The zero-order valence-electron chi connectivity index (χ0n) is 11.9. The Morgan fingerprint density at radius 1 is 1.50 bits per heavy atom. The molecule has 0 fully saturated rings. The van der Waals surface area contributed by atoms with Gasteiger partial charge in [-0.05, 0) is 26.0 Å². The van der Waals surface area contributed by atoms with Crippen molar-refractivity contribution in [3.05, 3.63) is 34.9 Å². The van der Waals surface area contributed by atoms with Gasteiger partial charge < -0.3 is 10.4 Å². The number of aliphatic hydroxyl groups is 1. The molecule has 0 radical (unpaired) electrons. The van der Waals surface area contributed by atoms with Crippen LogP contribution in [0.1, 0.15) is 28.4 Å². The van der Waals surface area contributed by atoms with Gasteiger partial charge in [0.15, 0.2) is 0 Å². The van der Waals surface area contributed by atoms with Gasteiger partial charge in [0.2, 0.25) is 0 Å². The maximum atomic E-state index is 12.2. The molecule has 108 valence electrons. The molecule has 1 rings (SSSR count). The third kappa shape index (κ3) is 5.16. The zero-order valence-corrected chi connectivity index (χ0v) is 12.7. The minimum atomic E-state index is -0.959. The molecule has 0 spiro atoms. The summed E-state index contributed by atoms with van der Waals surface area (Å²) in [6, 6.07) is 5.21. The molecule has 4 nitrogen and oxygen atoms in total. The van der Waals surface area contributed by atoms with Crippen molar-refractivity contribution >= 4 is 16.7 Å². The van der Waals surface area contributed by atoms with Crippen molar-refractivity contribution in [3.63, 3.8) is 0 Å². The van der Waals surface area contributed by atoms with Crippen LogP contribution >= 0.6 is 0 Å². The minimum Gasteiger partial charge on any atom is -0.384 e. The summed E-state index contributed by atoms with van der Waals surface area (Å²) in [5.41, 5.74) is 2.00. The van der Waals surface area contributed by atoms with Crippen LogP contribution < -0.4 is 5.32 Å². The number of hydrogen-bond acceptors (Lipinski definition) is 3. The lowest BCUT2D eigenvalue weighted by molar-refractivity contribution is 0.0943. The van der Waals surface area contributed by atoms with E-state index in [0.717, 1.165) is 5.56 Å². The molecule has 0 aliphatic heterocycles. The van der Waals surface area contributed by atoms with Crippen molar-refractivity contribution in [2.75, 3.05) is 18.6 Å². The summed E-state index contributed by atoms with van der Waals surface area (Å²) < 4.78 is 11.1. The Hall–Kier alpha value is -1.64. The lowest BCUT2D eigenvalue weighted by Gasteiger charge is -2.13. The molecule has 2 N–H and O–H groups in total. The van der Waals surface area contributed by atoms with Crippen LogP contribution in [0.15, 0.2) is 18.2 Å². The number of amides is 1.